The molecule has 1 heterocycles. The lowest BCUT2D eigenvalue weighted by Gasteiger charge is -2.24. The van der Waals surface area contributed by atoms with Crippen LogP contribution in [0.5, 0.6) is 5.75 Å². The summed E-state index contributed by atoms with van der Waals surface area (Å²) < 4.78 is 41.5. The van der Waals surface area contributed by atoms with Gasteiger partial charge in [0.1, 0.15) is 5.75 Å². The van der Waals surface area contributed by atoms with Crippen molar-refractivity contribution in [1.82, 2.24) is 10.2 Å². The number of ether oxygens (including phenoxy) is 1. The lowest BCUT2D eigenvalue weighted by atomic mass is 9.89. The van der Waals surface area contributed by atoms with Crippen LogP contribution in [0.25, 0.3) is 0 Å². The van der Waals surface area contributed by atoms with Gasteiger partial charge < -0.3 is 15.0 Å². The summed E-state index contributed by atoms with van der Waals surface area (Å²) in [7, 11) is 3.12. The third-order valence-corrected chi connectivity index (χ3v) is 3.63. The number of halogens is 4. The van der Waals surface area contributed by atoms with Crippen molar-refractivity contribution in [2.75, 3.05) is 27.2 Å². The lowest BCUT2D eigenvalue weighted by Crippen LogP contribution is -2.27. The fraction of sp³-hybridized carbons (Fsp3) is 0.533. The van der Waals surface area contributed by atoms with Gasteiger partial charge in [-0.25, -0.2) is 0 Å². The van der Waals surface area contributed by atoms with Crippen LogP contribution in [0.1, 0.15) is 34.7 Å². The van der Waals surface area contributed by atoms with E-state index in [2.05, 4.69) is 10.1 Å². The predicted octanol–water partition coefficient (Wildman–Crippen LogP) is 3.18. The molecule has 1 aromatic rings. The Hall–Kier alpha value is -1.47. The molecule has 130 valence electrons. The number of nitrogens with one attached hydrogen (secondary N) is 1. The van der Waals surface area contributed by atoms with Gasteiger partial charge in [-0.05, 0) is 55.6 Å². The Morgan fingerprint density at radius 1 is 1.22 bits per heavy atom. The summed E-state index contributed by atoms with van der Waals surface area (Å²) in [6.45, 7) is 1.62. The van der Waals surface area contributed by atoms with E-state index in [1.54, 1.807) is 20.2 Å². The van der Waals surface area contributed by atoms with Gasteiger partial charge in [-0.15, -0.1) is 25.6 Å². The molecule has 0 bridgehead atoms. The van der Waals surface area contributed by atoms with Gasteiger partial charge in [-0.2, -0.15) is 0 Å². The Balaban J connectivity index is 0.00000264. The van der Waals surface area contributed by atoms with E-state index in [1.165, 1.54) is 11.0 Å². The molecule has 0 aromatic heterocycles. The molecule has 1 aliphatic heterocycles. The first kappa shape index (κ1) is 19.6. The van der Waals surface area contributed by atoms with Crippen LogP contribution in [0.2, 0.25) is 0 Å². The highest BCUT2D eigenvalue weighted by Gasteiger charge is 2.32. The summed E-state index contributed by atoms with van der Waals surface area (Å²) in [4.78, 5) is 13.4. The number of carbonyl (C=O) groups excluding carboxylic acids is 1. The summed E-state index contributed by atoms with van der Waals surface area (Å²) in [6, 6.07) is 4.19. The zero-order chi connectivity index (χ0) is 16.3. The number of amides is 1. The van der Waals surface area contributed by atoms with E-state index in [0.29, 0.717) is 5.56 Å². The molecule has 0 radical (unpaired) electrons. The van der Waals surface area contributed by atoms with Crippen molar-refractivity contribution in [1.29, 1.82) is 0 Å². The minimum absolute atomic E-state index is 0. The Morgan fingerprint density at radius 3 is 2.35 bits per heavy atom. The van der Waals surface area contributed by atoms with E-state index in [0.717, 1.165) is 32.0 Å². The third kappa shape index (κ3) is 5.58. The molecule has 1 aliphatic rings. The Labute approximate surface area is 139 Å². The second kappa shape index (κ2) is 7.88. The molecule has 23 heavy (non-hydrogen) atoms. The molecular weight excluding hydrogens is 333 g/mol. The highest BCUT2D eigenvalue weighted by molar-refractivity contribution is 5.94. The second-order valence-electron chi connectivity index (χ2n) is 5.56. The van der Waals surface area contributed by atoms with E-state index in [4.69, 9.17) is 0 Å². The molecule has 0 unspecified atom stereocenters. The SMILES string of the molecule is CN(C)C(=O)c1cc(OC(F)(F)F)cc(C2CCNCC2)c1.Cl. The number of hydrogen-bond acceptors (Lipinski definition) is 3. The van der Waals surface area contributed by atoms with Gasteiger partial charge in [0.2, 0.25) is 0 Å². The fourth-order valence-corrected chi connectivity index (χ4v) is 2.59. The van der Waals surface area contributed by atoms with Crippen molar-refractivity contribution >= 4 is 18.3 Å². The number of rotatable bonds is 3. The van der Waals surface area contributed by atoms with Gasteiger partial charge in [-0.1, -0.05) is 0 Å². The molecule has 2 rings (SSSR count). The normalized spacial score (nSPS) is 15.7. The monoisotopic (exact) mass is 352 g/mol. The zero-order valence-electron chi connectivity index (χ0n) is 12.9. The first-order valence-electron chi connectivity index (χ1n) is 7.09. The number of piperidine rings is 1. The molecule has 0 spiro atoms. The summed E-state index contributed by atoms with van der Waals surface area (Å²) in [5, 5.41) is 3.21. The van der Waals surface area contributed by atoms with Crippen LogP contribution in [0.4, 0.5) is 13.2 Å². The van der Waals surface area contributed by atoms with Crippen LogP contribution in [-0.4, -0.2) is 44.4 Å². The van der Waals surface area contributed by atoms with Crippen LogP contribution in [-0.2, 0) is 0 Å². The van der Waals surface area contributed by atoms with Gasteiger partial charge >= 0.3 is 6.36 Å². The number of benzene rings is 1. The van der Waals surface area contributed by atoms with E-state index >= 15 is 0 Å². The maximum atomic E-state index is 12.5. The van der Waals surface area contributed by atoms with Gasteiger partial charge in [-0.3, -0.25) is 4.79 Å². The Kier molecular flexibility index (Phi) is 6.70. The molecule has 0 aliphatic carbocycles. The van der Waals surface area contributed by atoms with Crippen molar-refractivity contribution in [2.45, 2.75) is 25.1 Å². The maximum absolute atomic E-state index is 12.5. The van der Waals surface area contributed by atoms with E-state index in [-0.39, 0.29) is 35.5 Å². The van der Waals surface area contributed by atoms with Crippen LogP contribution in [0, 0.1) is 0 Å². The standard InChI is InChI=1S/C15H19F3N2O2.ClH/c1-20(2)14(21)12-7-11(10-3-5-19-6-4-10)8-13(9-12)22-15(16,17)18;/h7-10,19H,3-6H2,1-2H3;1H. The van der Waals surface area contributed by atoms with Crippen LogP contribution in [0.15, 0.2) is 18.2 Å². The van der Waals surface area contributed by atoms with Gasteiger partial charge in [0.05, 0.1) is 0 Å². The largest absolute Gasteiger partial charge is 0.573 e. The topological polar surface area (TPSA) is 41.6 Å². The first-order chi connectivity index (χ1) is 10.3. The van der Waals surface area contributed by atoms with E-state index in [9.17, 15) is 18.0 Å². The Bertz CT molecular complexity index is 544. The minimum Gasteiger partial charge on any atom is -0.406 e. The number of hydrogen-bond donors (Lipinski definition) is 1. The number of nitrogens with zero attached hydrogens (tertiary/aromatic N) is 1. The molecule has 0 saturated carbocycles. The summed E-state index contributed by atoms with van der Waals surface area (Å²) in [5.41, 5.74) is 0.925. The van der Waals surface area contributed by atoms with E-state index < -0.39 is 6.36 Å². The molecule has 1 saturated heterocycles. The van der Waals surface area contributed by atoms with Gasteiger partial charge in [0.25, 0.3) is 5.91 Å². The third-order valence-electron chi connectivity index (χ3n) is 3.63. The molecule has 0 atom stereocenters. The highest BCUT2D eigenvalue weighted by Crippen LogP contribution is 2.32. The Morgan fingerprint density at radius 2 is 1.83 bits per heavy atom. The number of carbonyl (C=O) groups is 1. The molecular formula is C15H20ClF3N2O2. The predicted molar refractivity (Wildman–Crippen MR) is 83.2 cm³/mol. The van der Waals surface area contributed by atoms with Gasteiger partial charge in [0.15, 0.2) is 0 Å². The quantitative estimate of drug-likeness (QED) is 0.908. The minimum atomic E-state index is -4.77. The van der Waals surface area contributed by atoms with Crippen molar-refractivity contribution in [3.8, 4) is 5.75 Å². The summed E-state index contributed by atoms with van der Waals surface area (Å²) >= 11 is 0. The van der Waals surface area contributed by atoms with E-state index in [1.807, 2.05) is 0 Å². The maximum Gasteiger partial charge on any atom is 0.573 e. The molecule has 1 aromatic carbocycles. The van der Waals surface area contributed by atoms with Gasteiger partial charge in [0, 0.05) is 19.7 Å². The highest BCUT2D eigenvalue weighted by atomic mass is 35.5. The smallest absolute Gasteiger partial charge is 0.406 e. The summed E-state index contributed by atoms with van der Waals surface area (Å²) in [6.07, 6.45) is -3.12. The molecule has 1 N–H and O–H groups in total. The fourth-order valence-electron chi connectivity index (χ4n) is 2.59. The molecule has 1 amide bonds. The van der Waals surface area contributed by atoms with Crippen LogP contribution in [0.3, 0.4) is 0 Å². The van der Waals surface area contributed by atoms with Crippen molar-refractivity contribution < 1.29 is 22.7 Å². The van der Waals surface area contributed by atoms with Crippen molar-refractivity contribution in [3.63, 3.8) is 0 Å². The lowest BCUT2D eigenvalue weighted by molar-refractivity contribution is -0.274. The zero-order valence-corrected chi connectivity index (χ0v) is 13.8. The number of alkyl halides is 3. The average molecular weight is 353 g/mol. The van der Waals surface area contributed by atoms with Crippen molar-refractivity contribution in [3.05, 3.63) is 29.3 Å². The molecule has 1 fully saturated rings. The van der Waals surface area contributed by atoms with Crippen LogP contribution < -0.4 is 10.1 Å². The molecule has 8 heteroatoms. The van der Waals surface area contributed by atoms with Crippen LogP contribution >= 0.6 is 12.4 Å². The average Bonchev–Trinajstić information content (AvgIpc) is 2.45. The summed E-state index contributed by atoms with van der Waals surface area (Å²) in [5.74, 6) is -0.553. The first-order valence-corrected chi connectivity index (χ1v) is 7.09. The van der Waals surface area contributed by atoms with Crippen molar-refractivity contribution in [2.24, 2.45) is 0 Å². The second-order valence-corrected chi connectivity index (χ2v) is 5.56. The molecule has 4 nitrogen and oxygen atoms in total.